The van der Waals surface area contributed by atoms with E-state index in [4.69, 9.17) is 0 Å². The van der Waals surface area contributed by atoms with Gasteiger partial charge in [0.2, 0.25) is 0 Å². The van der Waals surface area contributed by atoms with E-state index in [0.29, 0.717) is 0 Å². The predicted octanol–water partition coefficient (Wildman–Crippen LogP) is 9.57. The lowest BCUT2D eigenvalue weighted by Crippen LogP contribution is -2.10. The Morgan fingerprint density at radius 2 is 1.29 bits per heavy atom. The lowest BCUT2D eigenvalue weighted by Gasteiger charge is -2.26. The highest BCUT2D eigenvalue weighted by molar-refractivity contribution is 5.89. The molecule has 34 heavy (non-hydrogen) atoms. The van der Waals surface area contributed by atoms with Crippen LogP contribution < -0.4 is 4.90 Å². The topological polar surface area (TPSA) is 3.24 Å². The van der Waals surface area contributed by atoms with Crippen LogP contribution in [0.1, 0.15) is 30.0 Å². The standard InChI is InChI=1S/C33H29N/c1-3-27(28-11-5-4-6-12-28)23-26-16-19-31(20-17-26)34(32-15-9-10-25(2)22-32)33-21-18-29-13-7-8-14-30(29)24-33/h4-24H,3H2,1-2H3. The molecule has 0 aliphatic rings. The van der Waals surface area contributed by atoms with Gasteiger partial charge in [0.1, 0.15) is 0 Å². The predicted molar refractivity (Wildman–Crippen MR) is 148 cm³/mol. The molecule has 1 nitrogen and oxygen atoms in total. The van der Waals surface area contributed by atoms with Gasteiger partial charge < -0.3 is 4.90 Å². The van der Waals surface area contributed by atoms with Crippen molar-refractivity contribution in [3.63, 3.8) is 0 Å². The van der Waals surface area contributed by atoms with Crippen molar-refractivity contribution in [1.82, 2.24) is 0 Å². The first-order valence-corrected chi connectivity index (χ1v) is 11.9. The monoisotopic (exact) mass is 439 g/mol. The molecule has 5 aromatic carbocycles. The minimum atomic E-state index is 0.998. The van der Waals surface area contributed by atoms with Crippen LogP contribution in [0.2, 0.25) is 0 Å². The number of benzene rings is 5. The van der Waals surface area contributed by atoms with Crippen molar-refractivity contribution in [2.75, 3.05) is 4.90 Å². The lowest BCUT2D eigenvalue weighted by atomic mass is 10.0. The Hall–Kier alpha value is -4.10. The lowest BCUT2D eigenvalue weighted by molar-refractivity contribution is 1.24. The van der Waals surface area contributed by atoms with Gasteiger partial charge in [-0.15, -0.1) is 0 Å². The van der Waals surface area contributed by atoms with Crippen molar-refractivity contribution in [1.29, 1.82) is 0 Å². The maximum absolute atomic E-state index is 2.34. The third-order valence-electron chi connectivity index (χ3n) is 6.27. The van der Waals surface area contributed by atoms with E-state index in [1.54, 1.807) is 0 Å². The molecule has 1 heteroatoms. The van der Waals surface area contributed by atoms with Crippen LogP contribution in [0.5, 0.6) is 0 Å². The minimum Gasteiger partial charge on any atom is -0.310 e. The summed E-state index contributed by atoms with van der Waals surface area (Å²) < 4.78 is 0. The van der Waals surface area contributed by atoms with Gasteiger partial charge in [-0.1, -0.05) is 97.9 Å². The molecule has 0 saturated heterocycles. The third-order valence-corrected chi connectivity index (χ3v) is 6.27. The summed E-state index contributed by atoms with van der Waals surface area (Å²) in [5.74, 6) is 0. The molecule has 0 fully saturated rings. The summed E-state index contributed by atoms with van der Waals surface area (Å²) in [4.78, 5) is 2.34. The summed E-state index contributed by atoms with van der Waals surface area (Å²) in [5.41, 5.74) is 8.56. The van der Waals surface area contributed by atoms with E-state index in [-0.39, 0.29) is 0 Å². The second-order valence-electron chi connectivity index (χ2n) is 8.69. The number of allylic oxidation sites excluding steroid dienone is 1. The van der Waals surface area contributed by atoms with E-state index < -0.39 is 0 Å². The molecule has 0 aliphatic carbocycles. The normalized spacial score (nSPS) is 11.5. The van der Waals surface area contributed by atoms with Gasteiger partial charge in [0.25, 0.3) is 0 Å². The van der Waals surface area contributed by atoms with Crippen LogP contribution in [-0.4, -0.2) is 0 Å². The van der Waals surface area contributed by atoms with E-state index in [1.807, 2.05) is 0 Å². The molecule has 0 amide bonds. The van der Waals surface area contributed by atoms with Gasteiger partial charge in [0.05, 0.1) is 0 Å². The Kier molecular flexibility index (Phi) is 6.27. The largest absolute Gasteiger partial charge is 0.310 e. The number of hydrogen-bond donors (Lipinski definition) is 0. The van der Waals surface area contributed by atoms with Crippen LogP contribution in [0.4, 0.5) is 17.1 Å². The Morgan fingerprint density at radius 3 is 2.03 bits per heavy atom. The SMILES string of the molecule is CCC(=Cc1ccc(N(c2cccc(C)c2)c2ccc3ccccc3c2)cc1)c1ccccc1. The summed E-state index contributed by atoms with van der Waals surface area (Å²) in [6.07, 6.45) is 3.30. The number of hydrogen-bond acceptors (Lipinski definition) is 1. The first-order chi connectivity index (χ1) is 16.7. The van der Waals surface area contributed by atoms with Gasteiger partial charge in [-0.05, 0) is 82.8 Å². The molecule has 0 radical (unpaired) electrons. The van der Waals surface area contributed by atoms with Gasteiger partial charge in [-0.3, -0.25) is 0 Å². The Labute approximate surface area is 202 Å². The van der Waals surface area contributed by atoms with E-state index in [2.05, 4.69) is 146 Å². The number of nitrogens with zero attached hydrogens (tertiary/aromatic N) is 1. The minimum absolute atomic E-state index is 0.998. The molecule has 5 rings (SSSR count). The summed E-state index contributed by atoms with van der Waals surface area (Å²) >= 11 is 0. The molecule has 0 unspecified atom stereocenters. The number of aryl methyl sites for hydroxylation is 1. The fourth-order valence-corrected chi connectivity index (χ4v) is 4.49. The van der Waals surface area contributed by atoms with Crippen LogP contribution in [0.15, 0.2) is 121 Å². The number of fused-ring (bicyclic) bond motifs is 1. The van der Waals surface area contributed by atoms with E-state index in [0.717, 1.165) is 23.5 Å². The van der Waals surface area contributed by atoms with Gasteiger partial charge in [-0.25, -0.2) is 0 Å². The van der Waals surface area contributed by atoms with Crippen molar-refractivity contribution >= 4 is 39.5 Å². The zero-order chi connectivity index (χ0) is 23.3. The van der Waals surface area contributed by atoms with Crippen LogP contribution in [-0.2, 0) is 0 Å². The van der Waals surface area contributed by atoms with E-state index in [9.17, 15) is 0 Å². The summed E-state index contributed by atoms with van der Waals surface area (Å²) in [6, 6.07) is 43.4. The van der Waals surface area contributed by atoms with Crippen molar-refractivity contribution < 1.29 is 0 Å². The fourth-order valence-electron chi connectivity index (χ4n) is 4.49. The van der Waals surface area contributed by atoms with Crippen molar-refractivity contribution in [3.05, 3.63) is 138 Å². The zero-order valence-electron chi connectivity index (χ0n) is 19.8. The summed E-state index contributed by atoms with van der Waals surface area (Å²) in [5, 5.41) is 2.50. The Bertz CT molecular complexity index is 1430. The van der Waals surface area contributed by atoms with Crippen LogP contribution in [0, 0.1) is 6.92 Å². The molecule has 0 atom stereocenters. The van der Waals surface area contributed by atoms with Gasteiger partial charge >= 0.3 is 0 Å². The fraction of sp³-hybridized carbons (Fsp3) is 0.0909. The highest BCUT2D eigenvalue weighted by atomic mass is 15.1. The second kappa shape index (κ2) is 9.80. The zero-order valence-corrected chi connectivity index (χ0v) is 19.8. The smallest absolute Gasteiger partial charge is 0.0468 e. The third kappa shape index (κ3) is 4.65. The molecule has 0 aliphatic heterocycles. The molecular formula is C33H29N. The molecule has 0 heterocycles. The Balaban J connectivity index is 1.56. The first kappa shape index (κ1) is 21.7. The van der Waals surface area contributed by atoms with Crippen molar-refractivity contribution in [3.8, 4) is 0 Å². The molecule has 0 spiro atoms. The number of rotatable bonds is 6. The number of anilines is 3. The molecule has 0 aromatic heterocycles. The quantitative estimate of drug-likeness (QED) is 0.238. The van der Waals surface area contributed by atoms with Crippen LogP contribution in [0.25, 0.3) is 22.4 Å². The van der Waals surface area contributed by atoms with Crippen LogP contribution in [0.3, 0.4) is 0 Å². The molecule has 0 N–H and O–H groups in total. The Morgan fingerprint density at radius 1 is 0.618 bits per heavy atom. The summed E-state index contributed by atoms with van der Waals surface area (Å²) in [7, 11) is 0. The molecular weight excluding hydrogens is 410 g/mol. The average Bonchev–Trinajstić information content (AvgIpc) is 2.89. The summed E-state index contributed by atoms with van der Waals surface area (Å²) in [6.45, 7) is 4.36. The van der Waals surface area contributed by atoms with Crippen molar-refractivity contribution in [2.24, 2.45) is 0 Å². The average molecular weight is 440 g/mol. The maximum atomic E-state index is 2.34. The van der Waals surface area contributed by atoms with E-state index in [1.165, 1.54) is 33.0 Å². The van der Waals surface area contributed by atoms with Crippen LogP contribution >= 0.6 is 0 Å². The van der Waals surface area contributed by atoms with Gasteiger partial charge in [0.15, 0.2) is 0 Å². The second-order valence-corrected chi connectivity index (χ2v) is 8.69. The van der Waals surface area contributed by atoms with E-state index >= 15 is 0 Å². The highest BCUT2D eigenvalue weighted by Gasteiger charge is 2.13. The van der Waals surface area contributed by atoms with Gasteiger partial charge in [-0.2, -0.15) is 0 Å². The molecule has 5 aromatic rings. The highest BCUT2D eigenvalue weighted by Crippen LogP contribution is 2.36. The maximum Gasteiger partial charge on any atom is 0.0468 e. The van der Waals surface area contributed by atoms with Crippen molar-refractivity contribution in [2.45, 2.75) is 20.3 Å². The van der Waals surface area contributed by atoms with Gasteiger partial charge in [0, 0.05) is 17.1 Å². The first-order valence-electron chi connectivity index (χ1n) is 11.9. The molecule has 166 valence electrons. The molecule has 0 saturated carbocycles. The molecule has 0 bridgehead atoms.